The fraction of sp³-hybridized carbons (Fsp3) is 0.250. The van der Waals surface area contributed by atoms with Gasteiger partial charge in [0.1, 0.15) is 11.5 Å². The third-order valence-corrected chi connectivity index (χ3v) is 4.20. The number of hydrogen-bond acceptors (Lipinski definition) is 4. The van der Waals surface area contributed by atoms with Crippen LogP contribution in [0.1, 0.15) is 39.2 Å². The molecule has 0 unspecified atom stereocenters. The number of carbonyl (C=O) groups excluding carboxylic acids is 2. The summed E-state index contributed by atoms with van der Waals surface area (Å²) in [7, 11) is 1.75. The molecule has 134 valence electrons. The van der Waals surface area contributed by atoms with Crippen LogP contribution in [0.2, 0.25) is 0 Å². The van der Waals surface area contributed by atoms with Crippen LogP contribution in [-0.2, 0) is 13.5 Å². The number of ketones is 1. The Morgan fingerprint density at radius 2 is 1.96 bits per heavy atom. The van der Waals surface area contributed by atoms with Gasteiger partial charge in [0.25, 0.3) is 5.91 Å². The Hall–Kier alpha value is -3.15. The lowest BCUT2D eigenvalue weighted by atomic mass is 10.2. The summed E-state index contributed by atoms with van der Waals surface area (Å²) in [5, 5.41) is 2.86. The molecule has 3 aromatic rings. The molecule has 0 spiro atoms. The summed E-state index contributed by atoms with van der Waals surface area (Å²) in [5.74, 6) is 1.05. The van der Waals surface area contributed by atoms with Gasteiger partial charge in [-0.2, -0.15) is 0 Å². The van der Waals surface area contributed by atoms with Gasteiger partial charge in [-0.15, -0.1) is 0 Å². The van der Waals surface area contributed by atoms with Crippen molar-refractivity contribution in [1.82, 2.24) is 14.9 Å². The average molecular weight is 351 g/mol. The zero-order valence-electron chi connectivity index (χ0n) is 15.1. The smallest absolute Gasteiger partial charge is 0.267 e. The molecule has 0 bridgehead atoms. The molecule has 1 amide bonds. The first-order valence-electron chi connectivity index (χ1n) is 8.43. The molecule has 6 heteroatoms. The van der Waals surface area contributed by atoms with E-state index < -0.39 is 0 Å². The van der Waals surface area contributed by atoms with E-state index in [0.29, 0.717) is 30.1 Å². The Morgan fingerprint density at radius 1 is 1.23 bits per heavy atom. The number of rotatable bonds is 6. The molecule has 0 saturated carbocycles. The molecule has 0 saturated heterocycles. The van der Waals surface area contributed by atoms with Gasteiger partial charge in [0, 0.05) is 37.3 Å². The number of carbonyl (C=O) groups is 2. The minimum absolute atomic E-state index is 0.0636. The SMILES string of the molecule is CC(=O)c1cc(C(=O)NCCc2nc(-c3ccccc3)oc2C)n(C)c1. The normalized spacial score (nSPS) is 10.7. The Kier molecular flexibility index (Phi) is 5.02. The second kappa shape index (κ2) is 7.39. The van der Waals surface area contributed by atoms with Crippen LogP contribution in [0, 0.1) is 6.92 Å². The molecule has 2 heterocycles. The maximum absolute atomic E-state index is 12.3. The van der Waals surface area contributed by atoms with E-state index in [1.54, 1.807) is 23.9 Å². The number of aromatic nitrogens is 2. The van der Waals surface area contributed by atoms with Crippen LogP contribution in [0.3, 0.4) is 0 Å². The number of Topliss-reactive ketones (excluding diaryl/α,β-unsaturated/α-hetero) is 1. The van der Waals surface area contributed by atoms with Gasteiger partial charge < -0.3 is 14.3 Å². The molecule has 0 aliphatic rings. The molecular weight excluding hydrogens is 330 g/mol. The number of hydrogen-bond donors (Lipinski definition) is 1. The maximum atomic E-state index is 12.3. The van der Waals surface area contributed by atoms with Gasteiger partial charge in [-0.05, 0) is 32.0 Å². The van der Waals surface area contributed by atoms with Crippen LogP contribution in [0.5, 0.6) is 0 Å². The average Bonchev–Trinajstić information content (AvgIpc) is 3.19. The molecule has 0 atom stereocenters. The second-order valence-electron chi connectivity index (χ2n) is 6.17. The molecular formula is C20H21N3O3. The highest BCUT2D eigenvalue weighted by Crippen LogP contribution is 2.21. The van der Waals surface area contributed by atoms with Crippen molar-refractivity contribution in [2.45, 2.75) is 20.3 Å². The monoisotopic (exact) mass is 351 g/mol. The molecule has 0 fully saturated rings. The molecule has 2 aromatic heterocycles. The van der Waals surface area contributed by atoms with E-state index in [4.69, 9.17) is 4.42 Å². The van der Waals surface area contributed by atoms with Gasteiger partial charge in [0.2, 0.25) is 5.89 Å². The molecule has 6 nitrogen and oxygen atoms in total. The van der Waals surface area contributed by atoms with Gasteiger partial charge in [-0.1, -0.05) is 18.2 Å². The summed E-state index contributed by atoms with van der Waals surface area (Å²) in [5.41, 5.74) is 2.72. The Labute approximate surface area is 151 Å². The summed E-state index contributed by atoms with van der Waals surface area (Å²) in [6.07, 6.45) is 2.23. The first kappa shape index (κ1) is 17.7. The summed E-state index contributed by atoms with van der Waals surface area (Å²) in [6.45, 7) is 3.78. The van der Waals surface area contributed by atoms with Gasteiger partial charge >= 0.3 is 0 Å². The highest BCUT2D eigenvalue weighted by Gasteiger charge is 2.15. The standard InChI is InChI=1S/C20H21N3O3/c1-13(24)16-11-18(23(3)12-16)19(25)21-10-9-17-14(2)26-20(22-17)15-7-5-4-6-8-15/h4-8,11-12H,9-10H2,1-3H3,(H,21,25). The fourth-order valence-electron chi connectivity index (χ4n) is 2.73. The zero-order valence-corrected chi connectivity index (χ0v) is 15.1. The van der Waals surface area contributed by atoms with Crippen LogP contribution in [0.4, 0.5) is 0 Å². The van der Waals surface area contributed by atoms with Crippen molar-refractivity contribution in [2.24, 2.45) is 7.05 Å². The number of nitrogens with one attached hydrogen (secondary N) is 1. The summed E-state index contributed by atoms with van der Waals surface area (Å²) in [6, 6.07) is 11.3. The third kappa shape index (κ3) is 3.74. The molecule has 0 aliphatic heterocycles. The Balaban J connectivity index is 1.62. The lowest BCUT2D eigenvalue weighted by Crippen LogP contribution is -2.27. The Morgan fingerprint density at radius 3 is 2.62 bits per heavy atom. The number of aryl methyl sites for hydroxylation is 2. The third-order valence-electron chi connectivity index (χ3n) is 4.20. The van der Waals surface area contributed by atoms with Crippen molar-refractivity contribution in [2.75, 3.05) is 6.54 Å². The van der Waals surface area contributed by atoms with Crippen LogP contribution < -0.4 is 5.32 Å². The zero-order chi connectivity index (χ0) is 18.7. The van der Waals surface area contributed by atoms with Crippen molar-refractivity contribution in [1.29, 1.82) is 0 Å². The van der Waals surface area contributed by atoms with E-state index in [1.807, 2.05) is 37.3 Å². The second-order valence-corrected chi connectivity index (χ2v) is 6.17. The summed E-state index contributed by atoms with van der Waals surface area (Å²) >= 11 is 0. The van der Waals surface area contributed by atoms with Crippen LogP contribution in [-0.4, -0.2) is 27.8 Å². The Bertz CT molecular complexity index is 939. The van der Waals surface area contributed by atoms with E-state index in [2.05, 4.69) is 10.3 Å². The molecule has 3 rings (SSSR count). The van der Waals surface area contributed by atoms with Gasteiger partial charge in [0.05, 0.1) is 5.69 Å². The van der Waals surface area contributed by atoms with Crippen molar-refractivity contribution >= 4 is 11.7 Å². The quantitative estimate of drug-likeness (QED) is 0.692. The molecule has 1 N–H and O–H groups in total. The molecule has 26 heavy (non-hydrogen) atoms. The van der Waals surface area contributed by atoms with Gasteiger partial charge in [-0.3, -0.25) is 9.59 Å². The summed E-state index contributed by atoms with van der Waals surface area (Å²) < 4.78 is 7.38. The van der Waals surface area contributed by atoms with E-state index in [-0.39, 0.29) is 11.7 Å². The lowest BCUT2D eigenvalue weighted by molar-refractivity contribution is 0.0945. The van der Waals surface area contributed by atoms with E-state index in [1.165, 1.54) is 6.92 Å². The van der Waals surface area contributed by atoms with Crippen LogP contribution in [0.15, 0.2) is 47.0 Å². The van der Waals surface area contributed by atoms with E-state index in [0.717, 1.165) is 17.0 Å². The van der Waals surface area contributed by atoms with Crippen molar-refractivity contribution < 1.29 is 14.0 Å². The highest BCUT2D eigenvalue weighted by molar-refractivity contribution is 5.99. The van der Waals surface area contributed by atoms with Crippen LogP contribution >= 0.6 is 0 Å². The first-order chi connectivity index (χ1) is 12.5. The van der Waals surface area contributed by atoms with Crippen molar-refractivity contribution in [3.63, 3.8) is 0 Å². The number of nitrogens with zero attached hydrogens (tertiary/aromatic N) is 2. The van der Waals surface area contributed by atoms with Crippen LogP contribution in [0.25, 0.3) is 11.5 Å². The van der Waals surface area contributed by atoms with E-state index >= 15 is 0 Å². The van der Waals surface area contributed by atoms with Gasteiger partial charge in [-0.25, -0.2) is 4.98 Å². The minimum atomic E-state index is -0.218. The maximum Gasteiger partial charge on any atom is 0.267 e. The fourth-order valence-corrected chi connectivity index (χ4v) is 2.73. The minimum Gasteiger partial charge on any atom is -0.441 e. The predicted octanol–water partition coefficient (Wildman–Crippen LogP) is 3.16. The topological polar surface area (TPSA) is 77.1 Å². The molecule has 1 aromatic carbocycles. The number of amides is 1. The van der Waals surface area contributed by atoms with Gasteiger partial charge in [0.15, 0.2) is 5.78 Å². The first-order valence-corrected chi connectivity index (χ1v) is 8.43. The van der Waals surface area contributed by atoms with E-state index in [9.17, 15) is 9.59 Å². The molecule has 0 radical (unpaired) electrons. The predicted molar refractivity (Wildman–Crippen MR) is 98.1 cm³/mol. The van der Waals surface area contributed by atoms with Crippen molar-refractivity contribution in [3.8, 4) is 11.5 Å². The van der Waals surface area contributed by atoms with Crippen molar-refractivity contribution in [3.05, 3.63) is 65.3 Å². The number of benzene rings is 1. The molecule has 0 aliphatic carbocycles. The highest BCUT2D eigenvalue weighted by atomic mass is 16.4. The largest absolute Gasteiger partial charge is 0.441 e. The lowest BCUT2D eigenvalue weighted by Gasteiger charge is -2.05. The summed E-state index contributed by atoms with van der Waals surface area (Å²) in [4.78, 5) is 28.3. The number of oxazole rings is 1.